The standard InChI is InChI=1S/C20H23NO3S/c1-14-11-12-16(25(3,23)24)13-18(14)20(22)21(2)19-10-6-8-15-7-4-5-9-17(15)19/h4-5,7,9,11-13,19H,6,8,10H2,1-3H3/t19-/m0/s1. The minimum absolute atomic E-state index is 0.0266. The highest BCUT2D eigenvalue weighted by Gasteiger charge is 2.28. The Kier molecular flexibility index (Phi) is 4.69. The number of carbonyl (C=O) groups excluding carboxylic acids is 1. The smallest absolute Gasteiger partial charge is 0.254 e. The number of amides is 1. The number of nitrogens with zero attached hydrogens (tertiary/aromatic N) is 1. The second-order valence-corrected chi connectivity index (χ2v) is 8.79. The lowest BCUT2D eigenvalue weighted by molar-refractivity contribution is 0.0714. The van der Waals surface area contributed by atoms with Gasteiger partial charge in [-0.15, -0.1) is 0 Å². The molecule has 3 rings (SSSR count). The number of fused-ring (bicyclic) bond motifs is 1. The maximum absolute atomic E-state index is 13.1. The Hall–Kier alpha value is -2.14. The molecule has 0 spiro atoms. The third-order valence-electron chi connectivity index (χ3n) is 4.99. The van der Waals surface area contributed by atoms with E-state index >= 15 is 0 Å². The highest BCUT2D eigenvalue weighted by molar-refractivity contribution is 7.90. The molecule has 5 heteroatoms. The second kappa shape index (κ2) is 6.64. The zero-order valence-electron chi connectivity index (χ0n) is 14.8. The minimum Gasteiger partial charge on any atom is -0.335 e. The van der Waals surface area contributed by atoms with Gasteiger partial charge in [-0.05, 0) is 55.0 Å². The summed E-state index contributed by atoms with van der Waals surface area (Å²) in [6.45, 7) is 1.84. The van der Waals surface area contributed by atoms with Crippen molar-refractivity contribution < 1.29 is 13.2 Å². The third kappa shape index (κ3) is 3.47. The average molecular weight is 357 g/mol. The van der Waals surface area contributed by atoms with Crippen molar-refractivity contribution >= 4 is 15.7 Å². The molecule has 0 saturated carbocycles. The van der Waals surface area contributed by atoms with Crippen molar-refractivity contribution in [2.75, 3.05) is 13.3 Å². The van der Waals surface area contributed by atoms with Gasteiger partial charge in [0.15, 0.2) is 9.84 Å². The van der Waals surface area contributed by atoms with Crippen LogP contribution in [-0.2, 0) is 16.3 Å². The zero-order chi connectivity index (χ0) is 18.2. The van der Waals surface area contributed by atoms with Crippen molar-refractivity contribution in [2.45, 2.75) is 37.1 Å². The Morgan fingerprint density at radius 2 is 1.88 bits per heavy atom. The number of rotatable bonds is 3. The largest absolute Gasteiger partial charge is 0.335 e. The van der Waals surface area contributed by atoms with E-state index in [1.54, 1.807) is 17.0 Å². The molecule has 0 bridgehead atoms. The van der Waals surface area contributed by atoms with Crippen LogP contribution >= 0.6 is 0 Å². The van der Waals surface area contributed by atoms with E-state index in [1.165, 1.54) is 17.2 Å². The number of carbonyl (C=O) groups is 1. The lowest BCUT2D eigenvalue weighted by Crippen LogP contribution is -2.33. The predicted molar refractivity (Wildman–Crippen MR) is 98.5 cm³/mol. The fraction of sp³-hybridized carbons (Fsp3) is 0.350. The number of benzene rings is 2. The molecule has 1 aliphatic carbocycles. The molecule has 25 heavy (non-hydrogen) atoms. The molecule has 1 aliphatic rings. The van der Waals surface area contributed by atoms with Gasteiger partial charge in [0.2, 0.25) is 0 Å². The molecule has 1 amide bonds. The van der Waals surface area contributed by atoms with Gasteiger partial charge >= 0.3 is 0 Å². The molecule has 1 atom stereocenters. The number of hydrogen-bond acceptors (Lipinski definition) is 3. The summed E-state index contributed by atoms with van der Waals surface area (Å²) < 4.78 is 23.7. The molecule has 0 aromatic heterocycles. The SMILES string of the molecule is Cc1ccc(S(C)(=O)=O)cc1C(=O)N(C)[C@H]1CCCc2ccccc21. The fourth-order valence-corrected chi connectivity index (χ4v) is 4.17. The normalized spacial score (nSPS) is 17.0. The van der Waals surface area contributed by atoms with E-state index in [-0.39, 0.29) is 16.8 Å². The highest BCUT2D eigenvalue weighted by Crippen LogP contribution is 2.34. The van der Waals surface area contributed by atoms with Crippen LogP contribution in [0.2, 0.25) is 0 Å². The third-order valence-corrected chi connectivity index (χ3v) is 6.10. The Bertz CT molecular complexity index is 918. The molecular weight excluding hydrogens is 334 g/mol. The van der Waals surface area contributed by atoms with Crippen molar-refractivity contribution in [3.05, 3.63) is 64.7 Å². The zero-order valence-corrected chi connectivity index (χ0v) is 15.6. The van der Waals surface area contributed by atoms with Crippen molar-refractivity contribution in [2.24, 2.45) is 0 Å². The first kappa shape index (κ1) is 17.7. The Balaban J connectivity index is 1.97. The molecule has 0 aliphatic heterocycles. The van der Waals surface area contributed by atoms with E-state index in [9.17, 15) is 13.2 Å². The van der Waals surface area contributed by atoms with Crippen LogP contribution in [0.15, 0.2) is 47.4 Å². The summed E-state index contributed by atoms with van der Waals surface area (Å²) >= 11 is 0. The maximum atomic E-state index is 13.1. The van der Waals surface area contributed by atoms with Gasteiger partial charge in [-0.1, -0.05) is 30.3 Å². The summed E-state index contributed by atoms with van der Waals surface area (Å²) in [5.41, 5.74) is 3.73. The van der Waals surface area contributed by atoms with E-state index < -0.39 is 9.84 Å². The first-order valence-electron chi connectivity index (χ1n) is 8.44. The highest BCUT2D eigenvalue weighted by atomic mass is 32.2. The summed E-state index contributed by atoms with van der Waals surface area (Å²) in [5, 5.41) is 0. The van der Waals surface area contributed by atoms with E-state index in [4.69, 9.17) is 0 Å². The molecule has 0 radical (unpaired) electrons. The van der Waals surface area contributed by atoms with E-state index in [1.807, 2.05) is 26.1 Å². The van der Waals surface area contributed by atoms with Gasteiger partial charge in [0.25, 0.3) is 5.91 Å². The van der Waals surface area contributed by atoms with Gasteiger partial charge < -0.3 is 4.90 Å². The number of sulfone groups is 1. The lowest BCUT2D eigenvalue weighted by Gasteiger charge is -2.33. The summed E-state index contributed by atoms with van der Waals surface area (Å²) in [4.78, 5) is 15.0. The monoisotopic (exact) mass is 357 g/mol. The van der Waals surface area contributed by atoms with Gasteiger partial charge in [-0.3, -0.25) is 4.79 Å². The van der Waals surface area contributed by atoms with Crippen LogP contribution in [0, 0.1) is 6.92 Å². The molecule has 0 saturated heterocycles. The first-order valence-corrected chi connectivity index (χ1v) is 10.3. The Morgan fingerprint density at radius 3 is 2.60 bits per heavy atom. The number of hydrogen-bond donors (Lipinski definition) is 0. The Morgan fingerprint density at radius 1 is 1.16 bits per heavy atom. The summed E-state index contributed by atoms with van der Waals surface area (Å²) in [7, 11) is -1.54. The van der Waals surface area contributed by atoms with E-state index in [2.05, 4.69) is 12.1 Å². The van der Waals surface area contributed by atoms with Crippen LogP contribution in [0.5, 0.6) is 0 Å². The topological polar surface area (TPSA) is 54.5 Å². The molecule has 132 valence electrons. The quantitative estimate of drug-likeness (QED) is 0.844. The Labute approximate surface area is 149 Å². The van der Waals surface area contributed by atoms with Crippen molar-refractivity contribution in [3.8, 4) is 0 Å². The van der Waals surface area contributed by atoms with E-state index in [0.717, 1.165) is 31.1 Å². The first-order chi connectivity index (χ1) is 11.8. The van der Waals surface area contributed by atoms with Crippen molar-refractivity contribution in [1.29, 1.82) is 0 Å². The van der Waals surface area contributed by atoms with Crippen molar-refractivity contribution in [1.82, 2.24) is 4.90 Å². The van der Waals surface area contributed by atoms with Gasteiger partial charge in [-0.25, -0.2) is 8.42 Å². The molecule has 0 unspecified atom stereocenters. The van der Waals surface area contributed by atoms with Crippen LogP contribution < -0.4 is 0 Å². The molecule has 0 N–H and O–H groups in total. The summed E-state index contributed by atoms with van der Waals surface area (Å²) in [6, 6.07) is 13.0. The van der Waals surface area contributed by atoms with Crippen LogP contribution in [-0.4, -0.2) is 32.5 Å². The molecule has 2 aromatic rings. The van der Waals surface area contributed by atoms with Gasteiger partial charge in [0, 0.05) is 18.9 Å². The van der Waals surface area contributed by atoms with Gasteiger partial charge in [0.05, 0.1) is 10.9 Å². The average Bonchev–Trinajstić information content (AvgIpc) is 2.59. The summed E-state index contributed by atoms with van der Waals surface area (Å²) in [6.07, 6.45) is 4.16. The minimum atomic E-state index is -3.35. The maximum Gasteiger partial charge on any atom is 0.254 e. The second-order valence-electron chi connectivity index (χ2n) is 6.77. The lowest BCUT2D eigenvalue weighted by atomic mass is 9.86. The van der Waals surface area contributed by atoms with Crippen LogP contribution in [0.1, 0.15) is 45.9 Å². The fourth-order valence-electron chi connectivity index (χ4n) is 3.52. The molecule has 0 heterocycles. The molecule has 4 nitrogen and oxygen atoms in total. The van der Waals surface area contributed by atoms with Crippen molar-refractivity contribution in [3.63, 3.8) is 0 Å². The molecule has 0 fully saturated rings. The molecular formula is C20H23NO3S. The van der Waals surface area contributed by atoms with Crippen LogP contribution in [0.25, 0.3) is 0 Å². The van der Waals surface area contributed by atoms with Crippen LogP contribution in [0.4, 0.5) is 0 Å². The number of aryl methyl sites for hydroxylation is 2. The van der Waals surface area contributed by atoms with Crippen LogP contribution in [0.3, 0.4) is 0 Å². The molecule has 2 aromatic carbocycles. The van der Waals surface area contributed by atoms with E-state index in [0.29, 0.717) is 5.56 Å². The van der Waals surface area contributed by atoms with Gasteiger partial charge in [0.1, 0.15) is 0 Å². The van der Waals surface area contributed by atoms with Gasteiger partial charge in [-0.2, -0.15) is 0 Å². The summed E-state index contributed by atoms with van der Waals surface area (Å²) in [5.74, 6) is -0.135. The predicted octanol–water partition coefficient (Wildman–Crippen LogP) is 3.55.